The molecule has 2 heterocycles. The Balaban J connectivity index is 1.48. The van der Waals surface area contributed by atoms with Crippen molar-refractivity contribution in [3.63, 3.8) is 0 Å². The van der Waals surface area contributed by atoms with E-state index in [0.717, 1.165) is 12.3 Å². The number of pyridine rings is 1. The molecule has 0 bridgehead atoms. The SMILES string of the molecule is COc1cccc(C(=O)NCC(=O)N2CCN(c3ccc(C(F)(F)F)c[nH+]3)CC2)c1. The van der Waals surface area contributed by atoms with Crippen molar-refractivity contribution in [2.24, 2.45) is 0 Å². The Morgan fingerprint density at radius 1 is 1.13 bits per heavy atom. The third-order valence-corrected chi connectivity index (χ3v) is 4.83. The van der Waals surface area contributed by atoms with Crippen LogP contribution in [0.25, 0.3) is 0 Å². The van der Waals surface area contributed by atoms with E-state index in [9.17, 15) is 22.8 Å². The van der Waals surface area contributed by atoms with Gasteiger partial charge in [0.25, 0.3) is 11.7 Å². The summed E-state index contributed by atoms with van der Waals surface area (Å²) in [7, 11) is 1.50. The van der Waals surface area contributed by atoms with Crippen LogP contribution in [-0.4, -0.2) is 56.5 Å². The average Bonchev–Trinajstić information content (AvgIpc) is 2.77. The van der Waals surface area contributed by atoms with Crippen LogP contribution in [0.4, 0.5) is 19.0 Å². The van der Waals surface area contributed by atoms with Gasteiger partial charge < -0.3 is 15.0 Å². The van der Waals surface area contributed by atoms with E-state index in [2.05, 4.69) is 10.3 Å². The summed E-state index contributed by atoms with van der Waals surface area (Å²) in [6, 6.07) is 9.02. The van der Waals surface area contributed by atoms with Crippen LogP contribution < -0.4 is 19.9 Å². The first kappa shape index (κ1) is 21.4. The summed E-state index contributed by atoms with van der Waals surface area (Å²) in [6.07, 6.45) is -3.46. The van der Waals surface area contributed by atoms with Gasteiger partial charge >= 0.3 is 6.18 Å². The molecule has 3 rings (SSSR count). The Kier molecular flexibility index (Phi) is 6.43. The third kappa shape index (κ3) is 5.19. The number of nitrogens with zero attached hydrogens (tertiary/aromatic N) is 2. The van der Waals surface area contributed by atoms with Crippen LogP contribution in [0.5, 0.6) is 5.75 Å². The molecule has 160 valence electrons. The standard InChI is InChI=1S/C20H21F3N4O3/c1-30-16-4-2-3-14(11-16)19(29)25-13-18(28)27-9-7-26(8-10-27)17-6-5-15(12-24-17)20(21,22)23/h2-6,11-12H,7-10,13H2,1H3,(H,25,29)/p+1. The van der Waals surface area contributed by atoms with Crippen LogP contribution in [0, 0.1) is 0 Å². The molecule has 1 fully saturated rings. The number of piperazine rings is 1. The second kappa shape index (κ2) is 9.02. The summed E-state index contributed by atoms with van der Waals surface area (Å²) in [4.78, 5) is 30.7. The van der Waals surface area contributed by atoms with Gasteiger partial charge in [-0.15, -0.1) is 0 Å². The number of aromatic amines is 1. The van der Waals surface area contributed by atoms with Crippen molar-refractivity contribution >= 4 is 17.6 Å². The predicted molar refractivity (Wildman–Crippen MR) is 102 cm³/mol. The normalized spacial score (nSPS) is 14.4. The van der Waals surface area contributed by atoms with E-state index in [-0.39, 0.29) is 18.4 Å². The number of rotatable bonds is 5. The lowest BCUT2D eigenvalue weighted by Crippen LogP contribution is -2.52. The summed E-state index contributed by atoms with van der Waals surface area (Å²) < 4.78 is 43.1. The Bertz CT molecular complexity index is 895. The number of methoxy groups -OCH3 is 1. The summed E-state index contributed by atoms with van der Waals surface area (Å²) >= 11 is 0. The lowest BCUT2D eigenvalue weighted by atomic mass is 10.2. The number of carbonyl (C=O) groups is 2. The van der Waals surface area contributed by atoms with E-state index < -0.39 is 11.7 Å². The lowest BCUT2D eigenvalue weighted by molar-refractivity contribution is -0.367. The molecule has 2 aromatic rings. The molecular formula is C20H22F3N4O3+. The quantitative estimate of drug-likeness (QED) is 0.793. The molecule has 0 unspecified atom stereocenters. The predicted octanol–water partition coefficient (Wildman–Crippen LogP) is 1.61. The molecular weight excluding hydrogens is 401 g/mol. The molecule has 1 aliphatic rings. The topological polar surface area (TPSA) is 76.0 Å². The number of H-pyrrole nitrogens is 1. The van der Waals surface area contributed by atoms with Crippen molar-refractivity contribution in [3.05, 3.63) is 53.7 Å². The largest absolute Gasteiger partial charge is 0.497 e. The first-order valence-corrected chi connectivity index (χ1v) is 9.32. The fraction of sp³-hybridized carbons (Fsp3) is 0.350. The maximum atomic E-state index is 12.7. The van der Waals surface area contributed by atoms with Gasteiger partial charge in [-0.25, -0.2) is 4.98 Å². The zero-order valence-electron chi connectivity index (χ0n) is 16.3. The monoisotopic (exact) mass is 423 g/mol. The zero-order valence-corrected chi connectivity index (χ0v) is 16.3. The van der Waals surface area contributed by atoms with Crippen molar-refractivity contribution in [2.45, 2.75) is 6.18 Å². The third-order valence-electron chi connectivity index (χ3n) is 4.83. The molecule has 0 atom stereocenters. The number of halogens is 3. The fourth-order valence-electron chi connectivity index (χ4n) is 3.12. The van der Waals surface area contributed by atoms with Gasteiger partial charge in [0.15, 0.2) is 0 Å². The van der Waals surface area contributed by atoms with Crippen LogP contribution >= 0.6 is 0 Å². The van der Waals surface area contributed by atoms with Gasteiger partial charge in [0.1, 0.15) is 25.0 Å². The van der Waals surface area contributed by atoms with Gasteiger partial charge in [-0.2, -0.15) is 13.2 Å². The highest BCUT2D eigenvalue weighted by atomic mass is 19.4. The molecule has 1 aromatic carbocycles. The number of hydrogen-bond acceptors (Lipinski definition) is 4. The van der Waals surface area contributed by atoms with Crippen LogP contribution in [0.2, 0.25) is 0 Å². The van der Waals surface area contributed by atoms with Crippen LogP contribution in [0.1, 0.15) is 15.9 Å². The molecule has 7 nitrogen and oxygen atoms in total. The van der Waals surface area contributed by atoms with Crippen molar-refractivity contribution in [3.8, 4) is 5.75 Å². The smallest absolute Gasteiger partial charge is 0.419 e. The summed E-state index contributed by atoms with van der Waals surface area (Å²) in [5.74, 6) is 0.508. The van der Waals surface area contributed by atoms with Gasteiger partial charge in [-0.05, 0) is 24.3 Å². The molecule has 1 aromatic heterocycles. The Morgan fingerprint density at radius 2 is 1.87 bits per heavy atom. The Hall–Kier alpha value is -3.30. The van der Waals surface area contributed by atoms with E-state index in [4.69, 9.17) is 4.74 Å². The second-order valence-electron chi connectivity index (χ2n) is 6.74. The Morgan fingerprint density at radius 3 is 2.47 bits per heavy atom. The van der Waals surface area contributed by atoms with E-state index in [1.54, 1.807) is 29.2 Å². The van der Waals surface area contributed by atoms with Crippen molar-refractivity contribution in [1.82, 2.24) is 10.2 Å². The Labute approximate surface area is 171 Å². The van der Waals surface area contributed by atoms with Gasteiger partial charge in [0.05, 0.1) is 32.3 Å². The summed E-state index contributed by atoms with van der Waals surface area (Å²) in [6.45, 7) is 1.61. The number of aromatic nitrogens is 1. The minimum Gasteiger partial charge on any atom is -0.497 e. The van der Waals surface area contributed by atoms with Crippen LogP contribution in [0.3, 0.4) is 0 Å². The highest BCUT2D eigenvalue weighted by Crippen LogP contribution is 2.28. The zero-order chi connectivity index (χ0) is 21.7. The fourth-order valence-corrected chi connectivity index (χ4v) is 3.12. The highest BCUT2D eigenvalue weighted by molar-refractivity contribution is 5.96. The van der Waals surface area contributed by atoms with E-state index in [1.807, 2.05) is 4.90 Å². The number of anilines is 1. The van der Waals surface area contributed by atoms with Gasteiger partial charge in [-0.3, -0.25) is 14.5 Å². The molecule has 10 heteroatoms. The van der Waals surface area contributed by atoms with E-state index in [0.29, 0.717) is 43.3 Å². The van der Waals surface area contributed by atoms with Gasteiger partial charge in [0, 0.05) is 11.6 Å². The minimum absolute atomic E-state index is 0.136. The molecule has 1 saturated heterocycles. The number of amides is 2. The minimum atomic E-state index is -4.39. The summed E-state index contributed by atoms with van der Waals surface area (Å²) in [5, 5.41) is 2.60. The molecule has 30 heavy (non-hydrogen) atoms. The van der Waals surface area contributed by atoms with E-state index >= 15 is 0 Å². The second-order valence-corrected chi connectivity index (χ2v) is 6.74. The molecule has 0 spiro atoms. The first-order valence-electron chi connectivity index (χ1n) is 9.32. The number of alkyl halides is 3. The molecule has 0 saturated carbocycles. The van der Waals surface area contributed by atoms with E-state index in [1.165, 1.54) is 13.2 Å². The average molecular weight is 423 g/mol. The number of carbonyl (C=O) groups excluding carboxylic acids is 2. The van der Waals surface area contributed by atoms with Gasteiger partial charge in [0.2, 0.25) is 5.91 Å². The lowest BCUT2D eigenvalue weighted by Gasteiger charge is -2.31. The van der Waals surface area contributed by atoms with Crippen LogP contribution in [-0.2, 0) is 11.0 Å². The number of nitrogens with one attached hydrogen (secondary N) is 2. The van der Waals surface area contributed by atoms with Crippen molar-refractivity contribution in [1.29, 1.82) is 0 Å². The number of hydrogen-bond donors (Lipinski definition) is 1. The highest BCUT2D eigenvalue weighted by Gasteiger charge is 2.33. The number of benzene rings is 1. The molecule has 0 radical (unpaired) electrons. The van der Waals surface area contributed by atoms with Crippen LogP contribution in [0.15, 0.2) is 42.6 Å². The molecule has 2 N–H and O–H groups in total. The number of ether oxygens (including phenoxy) is 1. The maximum Gasteiger partial charge on any atom is 0.419 e. The van der Waals surface area contributed by atoms with Crippen molar-refractivity contribution in [2.75, 3.05) is 44.7 Å². The van der Waals surface area contributed by atoms with Crippen molar-refractivity contribution < 1.29 is 32.5 Å². The molecule has 2 amide bonds. The maximum absolute atomic E-state index is 12.7. The molecule has 0 aliphatic carbocycles. The molecule has 1 aliphatic heterocycles. The van der Waals surface area contributed by atoms with Gasteiger partial charge in [-0.1, -0.05) is 6.07 Å². The first-order chi connectivity index (χ1) is 14.3. The summed E-state index contributed by atoms with van der Waals surface area (Å²) in [5.41, 5.74) is -0.350.